The van der Waals surface area contributed by atoms with Gasteiger partial charge < -0.3 is 16.5 Å². The lowest BCUT2D eigenvalue weighted by atomic mass is 9.92. The normalized spacial score (nSPS) is 11.2. The molecule has 0 aliphatic rings. The first-order chi connectivity index (χ1) is 7.40. The highest BCUT2D eigenvalue weighted by Gasteiger charge is 2.09. The van der Waals surface area contributed by atoms with E-state index >= 15 is 0 Å². The highest BCUT2D eigenvalue weighted by atomic mass is 15.3. The Morgan fingerprint density at radius 2 is 1.88 bits per heavy atom. The zero-order chi connectivity index (χ0) is 12.2. The summed E-state index contributed by atoms with van der Waals surface area (Å²) in [5.41, 5.74) is 8.27. The number of nitrogen functional groups attached to an aromatic ring is 2. The van der Waals surface area contributed by atoms with Crippen molar-refractivity contribution in [2.75, 3.05) is 23.0 Å². The van der Waals surface area contributed by atoms with E-state index in [0.717, 1.165) is 13.0 Å². The van der Waals surface area contributed by atoms with Gasteiger partial charge in [0.15, 0.2) is 0 Å². The Morgan fingerprint density at radius 3 is 2.44 bits per heavy atom. The first-order valence-corrected chi connectivity index (χ1v) is 5.26. The van der Waals surface area contributed by atoms with Crippen LogP contribution in [0.2, 0.25) is 0 Å². The van der Waals surface area contributed by atoms with Gasteiger partial charge in [-0.15, -0.1) is 0 Å². The van der Waals surface area contributed by atoms with Crippen LogP contribution < -0.4 is 22.3 Å². The van der Waals surface area contributed by atoms with E-state index < -0.39 is 0 Å². The molecule has 0 aromatic carbocycles. The average Bonchev–Trinajstić information content (AvgIpc) is 2.14. The highest BCUT2D eigenvalue weighted by Crippen LogP contribution is 2.18. The van der Waals surface area contributed by atoms with Crippen LogP contribution >= 0.6 is 0 Å². The third-order valence-corrected chi connectivity index (χ3v) is 2.07. The quantitative estimate of drug-likeness (QED) is 0.452. The van der Waals surface area contributed by atoms with Crippen LogP contribution in [0.15, 0.2) is 6.07 Å². The van der Waals surface area contributed by atoms with Crippen LogP contribution in [0.25, 0.3) is 0 Å². The summed E-state index contributed by atoms with van der Waals surface area (Å²) in [5.74, 6) is 6.65. The smallest absolute Gasteiger partial charge is 0.223 e. The maximum Gasteiger partial charge on any atom is 0.223 e. The number of nitrogens with two attached hydrogens (primary N) is 2. The Hall–Kier alpha value is -1.56. The van der Waals surface area contributed by atoms with E-state index in [-0.39, 0.29) is 5.95 Å². The van der Waals surface area contributed by atoms with Crippen LogP contribution in [-0.2, 0) is 0 Å². The molecule has 1 aromatic heterocycles. The van der Waals surface area contributed by atoms with Gasteiger partial charge in [0.25, 0.3) is 0 Å². The molecule has 0 fully saturated rings. The van der Waals surface area contributed by atoms with Gasteiger partial charge >= 0.3 is 0 Å². The standard InChI is InChI=1S/C10H20N6/c1-10(2,3)4-5-13-7-6-8(16-12)15-9(11)14-7/h6H,4-5,12H2,1-3H3,(H4,11,13,14,15,16). The van der Waals surface area contributed by atoms with Gasteiger partial charge in [0.2, 0.25) is 5.95 Å². The molecule has 0 bridgehead atoms. The fourth-order valence-electron chi connectivity index (χ4n) is 1.20. The zero-order valence-corrected chi connectivity index (χ0v) is 10.0. The molecule has 6 N–H and O–H groups in total. The van der Waals surface area contributed by atoms with Crippen molar-refractivity contribution in [2.24, 2.45) is 11.3 Å². The number of nitrogens with zero attached hydrogens (tertiary/aromatic N) is 2. The van der Waals surface area contributed by atoms with Crippen molar-refractivity contribution in [1.82, 2.24) is 9.97 Å². The summed E-state index contributed by atoms with van der Waals surface area (Å²) in [6, 6.07) is 1.72. The maximum atomic E-state index is 5.53. The lowest BCUT2D eigenvalue weighted by molar-refractivity contribution is 0.389. The van der Waals surface area contributed by atoms with E-state index in [0.29, 0.717) is 17.1 Å². The minimum atomic E-state index is 0.203. The molecule has 6 heteroatoms. The van der Waals surface area contributed by atoms with Crippen LogP contribution in [-0.4, -0.2) is 16.5 Å². The second kappa shape index (κ2) is 4.98. The van der Waals surface area contributed by atoms with Gasteiger partial charge in [-0.3, -0.25) is 0 Å². The van der Waals surface area contributed by atoms with E-state index in [2.05, 4.69) is 41.5 Å². The number of aromatic nitrogens is 2. The van der Waals surface area contributed by atoms with Crippen molar-refractivity contribution in [3.05, 3.63) is 6.07 Å². The monoisotopic (exact) mass is 224 g/mol. The molecule has 1 rings (SSSR count). The van der Waals surface area contributed by atoms with Gasteiger partial charge in [0, 0.05) is 12.6 Å². The molecule has 0 unspecified atom stereocenters. The summed E-state index contributed by atoms with van der Waals surface area (Å²) in [6.07, 6.45) is 1.04. The second-order valence-electron chi connectivity index (χ2n) is 4.88. The molecule has 90 valence electrons. The fourth-order valence-corrected chi connectivity index (χ4v) is 1.20. The number of hydrazine groups is 1. The van der Waals surface area contributed by atoms with Crippen molar-refractivity contribution in [1.29, 1.82) is 0 Å². The third-order valence-electron chi connectivity index (χ3n) is 2.07. The molecule has 0 spiro atoms. The topological polar surface area (TPSA) is 102 Å². The summed E-state index contributed by atoms with van der Waals surface area (Å²) < 4.78 is 0. The SMILES string of the molecule is CC(C)(C)CCNc1cc(NN)nc(N)n1. The van der Waals surface area contributed by atoms with Gasteiger partial charge in [-0.05, 0) is 11.8 Å². The van der Waals surface area contributed by atoms with Crippen molar-refractivity contribution in [3.63, 3.8) is 0 Å². The van der Waals surface area contributed by atoms with Crippen LogP contribution in [0.4, 0.5) is 17.6 Å². The molecule has 0 amide bonds. The average molecular weight is 224 g/mol. The lowest BCUT2D eigenvalue weighted by Crippen LogP contribution is -2.15. The maximum absolute atomic E-state index is 5.53. The highest BCUT2D eigenvalue weighted by molar-refractivity contribution is 5.50. The van der Waals surface area contributed by atoms with Gasteiger partial charge in [0.05, 0.1) is 0 Å². The van der Waals surface area contributed by atoms with Gasteiger partial charge in [-0.25, -0.2) is 5.84 Å². The molecule has 6 nitrogen and oxygen atoms in total. The molecule has 0 saturated heterocycles. The van der Waals surface area contributed by atoms with Gasteiger partial charge in [-0.2, -0.15) is 9.97 Å². The second-order valence-corrected chi connectivity index (χ2v) is 4.88. The van der Waals surface area contributed by atoms with Crippen molar-refractivity contribution in [3.8, 4) is 0 Å². The van der Waals surface area contributed by atoms with Crippen molar-refractivity contribution >= 4 is 17.6 Å². The predicted octanol–water partition coefficient (Wildman–Crippen LogP) is 1.19. The van der Waals surface area contributed by atoms with Crippen LogP contribution in [0.5, 0.6) is 0 Å². The molecule has 1 aromatic rings. The summed E-state index contributed by atoms with van der Waals surface area (Å²) in [4.78, 5) is 7.96. The van der Waals surface area contributed by atoms with Crippen LogP contribution in [0.1, 0.15) is 27.2 Å². The Kier molecular flexibility index (Phi) is 3.89. The Labute approximate surface area is 95.8 Å². The molecule has 16 heavy (non-hydrogen) atoms. The molecule has 0 radical (unpaired) electrons. The van der Waals surface area contributed by atoms with E-state index in [9.17, 15) is 0 Å². The predicted molar refractivity (Wildman–Crippen MR) is 66.8 cm³/mol. The molecule has 0 aliphatic heterocycles. The summed E-state index contributed by atoms with van der Waals surface area (Å²) >= 11 is 0. The zero-order valence-electron chi connectivity index (χ0n) is 10.0. The van der Waals surface area contributed by atoms with Crippen LogP contribution in [0.3, 0.4) is 0 Å². The first kappa shape index (κ1) is 12.5. The minimum Gasteiger partial charge on any atom is -0.370 e. The van der Waals surface area contributed by atoms with E-state index in [1.807, 2.05) is 0 Å². The van der Waals surface area contributed by atoms with Crippen molar-refractivity contribution < 1.29 is 0 Å². The Balaban J connectivity index is 2.57. The Morgan fingerprint density at radius 1 is 1.25 bits per heavy atom. The molecular weight excluding hydrogens is 204 g/mol. The number of anilines is 3. The number of hydrogen-bond acceptors (Lipinski definition) is 6. The van der Waals surface area contributed by atoms with Crippen molar-refractivity contribution in [2.45, 2.75) is 27.2 Å². The molecular formula is C10H20N6. The number of rotatable bonds is 4. The minimum absolute atomic E-state index is 0.203. The number of nitrogens with one attached hydrogen (secondary N) is 2. The summed E-state index contributed by atoms with van der Waals surface area (Å²) in [7, 11) is 0. The molecule has 0 saturated carbocycles. The molecule has 0 aliphatic carbocycles. The summed E-state index contributed by atoms with van der Waals surface area (Å²) in [5, 5.41) is 3.19. The van der Waals surface area contributed by atoms with Gasteiger partial charge in [0.1, 0.15) is 11.6 Å². The Bertz CT molecular complexity index is 344. The van der Waals surface area contributed by atoms with E-state index in [1.165, 1.54) is 0 Å². The van der Waals surface area contributed by atoms with Gasteiger partial charge in [-0.1, -0.05) is 20.8 Å². The summed E-state index contributed by atoms with van der Waals surface area (Å²) in [6.45, 7) is 7.41. The largest absolute Gasteiger partial charge is 0.370 e. The third kappa shape index (κ3) is 4.31. The fraction of sp³-hybridized carbons (Fsp3) is 0.600. The van der Waals surface area contributed by atoms with Crippen LogP contribution in [0, 0.1) is 5.41 Å². The number of hydrogen-bond donors (Lipinski definition) is 4. The molecule has 0 atom stereocenters. The van der Waals surface area contributed by atoms with E-state index in [4.69, 9.17) is 11.6 Å². The molecule has 1 heterocycles. The first-order valence-electron chi connectivity index (χ1n) is 5.26. The van der Waals surface area contributed by atoms with E-state index in [1.54, 1.807) is 6.07 Å². The lowest BCUT2D eigenvalue weighted by Gasteiger charge is -2.18.